The van der Waals surface area contributed by atoms with E-state index in [4.69, 9.17) is 40.1 Å². The van der Waals surface area contributed by atoms with E-state index in [1.807, 2.05) is 11.0 Å². The fourth-order valence-electron chi connectivity index (χ4n) is 2.68. The van der Waals surface area contributed by atoms with E-state index in [9.17, 15) is 8.42 Å². The van der Waals surface area contributed by atoms with Gasteiger partial charge in [0.05, 0.1) is 15.6 Å². The molecule has 0 aliphatic carbocycles. The fourth-order valence-corrected chi connectivity index (χ4v) is 5.12. The highest BCUT2D eigenvalue weighted by molar-refractivity contribution is 7.89. The minimum Gasteiger partial charge on any atom is -0.353 e. The van der Waals surface area contributed by atoms with E-state index in [2.05, 4.69) is 4.98 Å². The maximum absolute atomic E-state index is 12.8. The molecular weight excluding hydrogens is 419 g/mol. The molecule has 6 nitrogen and oxygen atoms in total. The van der Waals surface area contributed by atoms with E-state index in [1.54, 1.807) is 12.1 Å². The van der Waals surface area contributed by atoms with Crippen molar-refractivity contribution in [2.45, 2.75) is 4.90 Å². The van der Waals surface area contributed by atoms with Gasteiger partial charge in [0.2, 0.25) is 10.0 Å². The van der Waals surface area contributed by atoms with E-state index in [0.717, 1.165) is 0 Å². The molecule has 1 aliphatic heterocycles. The maximum atomic E-state index is 12.8. The van der Waals surface area contributed by atoms with E-state index in [0.29, 0.717) is 34.5 Å². The quantitative estimate of drug-likeness (QED) is 0.744. The van der Waals surface area contributed by atoms with Crippen LogP contribution in [0.25, 0.3) is 0 Å². The number of sulfonamides is 1. The van der Waals surface area contributed by atoms with Crippen molar-refractivity contribution >= 4 is 50.6 Å². The lowest BCUT2D eigenvalue weighted by molar-refractivity contribution is 0.384. The van der Waals surface area contributed by atoms with Gasteiger partial charge >= 0.3 is 0 Å². The number of anilines is 1. The molecule has 136 valence electrons. The summed E-state index contributed by atoms with van der Waals surface area (Å²) in [5, 5.41) is 9.68. The molecule has 1 fully saturated rings. The number of benzene rings is 1. The average molecular weight is 432 g/mol. The van der Waals surface area contributed by atoms with E-state index in [1.165, 1.54) is 22.6 Å². The second-order valence-electron chi connectivity index (χ2n) is 5.61. The van der Waals surface area contributed by atoms with Crippen LogP contribution in [-0.2, 0) is 10.0 Å². The monoisotopic (exact) mass is 430 g/mol. The van der Waals surface area contributed by atoms with Crippen LogP contribution >= 0.6 is 34.8 Å². The second-order valence-corrected chi connectivity index (χ2v) is 8.76. The Hall–Kier alpha value is -1.56. The number of nitriles is 1. The molecule has 1 aliphatic rings. The van der Waals surface area contributed by atoms with E-state index in [-0.39, 0.29) is 23.0 Å². The Bertz CT molecular complexity index is 983. The van der Waals surface area contributed by atoms with Crippen molar-refractivity contribution in [3.05, 3.63) is 51.1 Å². The van der Waals surface area contributed by atoms with Crippen LogP contribution in [-0.4, -0.2) is 43.9 Å². The molecule has 10 heteroatoms. The summed E-state index contributed by atoms with van der Waals surface area (Å²) in [7, 11) is -3.75. The SMILES string of the molecule is N#Cc1cnc(N2CCN(S(=O)(=O)c3cc(Cl)ccc3Cl)CC2)c(Cl)c1. The van der Waals surface area contributed by atoms with Gasteiger partial charge in [0, 0.05) is 37.4 Å². The summed E-state index contributed by atoms with van der Waals surface area (Å²) in [6.45, 7) is 1.33. The molecule has 1 saturated heterocycles. The maximum Gasteiger partial charge on any atom is 0.244 e. The Balaban J connectivity index is 1.78. The third kappa shape index (κ3) is 3.75. The van der Waals surface area contributed by atoms with Gasteiger partial charge in [0.25, 0.3) is 0 Å². The number of halogens is 3. The summed E-state index contributed by atoms with van der Waals surface area (Å²) in [5.74, 6) is 0.531. The van der Waals surface area contributed by atoms with Crippen LogP contribution in [0.5, 0.6) is 0 Å². The number of piperazine rings is 1. The highest BCUT2D eigenvalue weighted by Crippen LogP contribution is 2.30. The lowest BCUT2D eigenvalue weighted by atomic mass is 10.3. The van der Waals surface area contributed by atoms with Crippen LogP contribution < -0.4 is 4.90 Å². The molecule has 0 unspecified atom stereocenters. The molecule has 0 amide bonds. The summed E-state index contributed by atoms with van der Waals surface area (Å²) in [5.41, 5.74) is 0.371. The van der Waals surface area contributed by atoms with Gasteiger partial charge in [-0.25, -0.2) is 13.4 Å². The van der Waals surface area contributed by atoms with Crippen LogP contribution in [0.3, 0.4) is 0 Å². The molecule has 0 atom stereocenters. The molecule has 1 aromatic heterocycles. The van der Waals surface area contributed by atoms with Crippen LogP contribution in [0.2, 0.25) is 15.1 Å². The molecule has 0 radical (unpaired) electrons. The molecule has 2 heterocycles. The molecule has 26 heavy (non-hydrogen) atoms. The Morgan fingerprint density at radius 1 is 1.04 bits per heavy atom. The van der Waals surface area contributed by atoms with Crippen molar-refractivity contribution in [3.8, 4) is 6.07 Å². The largest absolute Gasteiger partial charge is 0.353 e. The van der Waals surface area contributed by atoms with Crippen molar-refractivity contribution in [2.75, 3.05) is 31.1 Å². The molecular formula is C16H13Cl3N4O2S. The third-order valence-corrected chi connectivity index (χ3v) is 6.89. The Morgan fingerprint density at radius 2 is 1.73 bits per heavy atom. The van der Waals surface area contributed by atoms with Gasteiger partial charge in [-0.1, -0.05) is 34.8 Å². The van der Waals surface area contributed by atoms with Crippen molar-refractivity contribution in [3.63, 3.8) is 0 Å². The van der Waals surface area contributed by atoms with Gasteiger partial charge in [0.1, 0.15) is 16.8 Å². The predicted octanol–water partition coefficient (Wildman–Crippen LogP) is 3.42. The number of aromatic nitrogens is 1. The highest BCUT2D eigenvalue weighted by atomic mass is 35.5. The van der Waals surface area contributed by atoms with Gasteiger partial charge in [-0.2, -0.15) is 9.57 Å². The van der Waals surface area contributed by atoms with Crippen LogP contribution in [0.4, 0.5) is 5.82 Å². The van der Waals surface area contributed by atoms with Crippen LogP contribution in [0.15, 0.2) is 35.4 Å². The summed E-state index contributed by atoms with van der Waals surface area (Å²) in [4.78, 5) is 6.09. The summed E-state index contributed by atoms with van der Waals surface area (Å²) in [6, 6.07) is 7.88. The number of rotatable bonds is 3. The van der Waals surface area contributed by atoms with Crippen molar-refractivity contribution in [2.24, 2.45) is 0 Å². The summed E-state index contributed by atoms with van der Waals surface area (Å²) >= 11 is 18.1. The first-order valence-corrected chi connectivity index (χ1v) is 10.2. The predicted molar refractivity (Wildman–Crippen MR) is 101 cm³/mol. The highest BCUT2D eigenvalue weighted by Gasteiger charge is 2.31. The molecule has 0 bridgehead atoms. The zero-order chi connectivity index (χ0) is 18.9. The number of nitrogens with zero attached hydrogens (tertiary/aromatic N) is 4. The average Bonchev–Trinajstić information content (AvgIpc) is 2.63. The number of hydrogen-bond donors (Lipinski definition) is 0. The second kappa shape index (κ2) is 7.59. The van der Waals surface area contributed by atoms with E-state index >= 15 is 0 Å². The molecule has 3 rings (SSSR count). The molecule has 2 aromatic rings. The normalized spacial score (nSPS) is 15.7. The molecule has 0 N–H and O–H groups in total. The molecule has 0 saturated carbocycles. The zero-order valence-electron chi connectivity index (χ0n) is 13.4. The Labute approximate surface area is 166 Å². The Morgan fingerprint density at radius 3 is 2.35 bits per heavy atom. The van der Waals surface area contributed by atoms with Gasteiger partial charge in [-0.15, -0.1) is 0 Å². The van der Waals surface area contributed by atoms with Gasteiger partial charge in [-0.3, -0.25) is 0 Å². The third-order valence-electron chi connectivity index (χ3n) is 4.00. The lowest BCUT2D eigenvalue weighted by Crippen LogP contribution is -2.49. The molecule has 1 aromatic carbocycles. The van der Waals surface area contributed by atoms with Gasteiger partial charge < -0.3 is 4.90 Å². The number of pyridine rings is 1. The van der Waals surface area contributed by atoms with Gasteiger partial charge in [-0.05, 0) is 24.3 Å². The minimum absolute atomic E-state index is 0.00496. The topological polar surface area (TPSA) is 77.3 Å². The number of hydrogen-bond acceptors (Lipinski definition) is 5. The lowest BCUT2D eigenvalue weighted by Gasteiger charge is -2.35. The summed E-state index contributed by atoms with van der Waals surface area (Å²) in [6.07, 6.45) is 1.44. The van der Waals surface area contributed by atoms with Crippen molar-refractivity contribution in [1.82, 2.24) is 9.29 Å². The van der Waals surface area contributed by atoms with Crippen molar-refractivity contribution in [1.29, 1.82) is 5.26 Å². The van der Waals surface area contributed by atoms with Gasteiger partial charge in [0.15, 0.2) is 0 Å². The van der Waals surface area contributed by atoms with E-state index < -0.39 is 10.0 Å². The van der Waals surface area contributed by atoms with Crippen LogP contribution in [0.1, 0.15) is 5.56 Å². The standard InChI is InChI=1S/C16H13Cl3N4O2S/c17-12-1-2-13(18)15(8-12)26(24,25)23-5-3-22(4-6-23)16-14(19)7-11(9-20)10-21-16/h1-2,7-8,10H,3-6H2. The Kier molecular flexibility index (Phi) is 5.61. The van der Waals surface area contributed by atoms with Crippen LogP contribution in [0, 0.1) is 11.3 Å². The molecule has 0 spiro atoms. The smallest absolute Gasteiger partial charge is 0.244 e. The van der Waals surface area contributed by atoms with Crippen molar-refractivity contribution < 1.29 is 8.42 Å². The first-order chi connectivity index (χ1) is 12.3. The fraction of sp³-hybridized carbons (Fsp3) is 0.250. The minimum atomic E-state index is -3.75. The first kappa shape index (κ1) is 19.2. The first-order valence-electron chi connectivity index (χ1n) is 7.58. The zero-order valence-corrected chi connectivity index (χ0v) is 16.4. The summed E-state index contributed by atoms with van der Waals surface area (Å²) < 4.78 is 27.0.